The summed E-state index contributed by atoms with van der Waals surface area (Å²) in [6, 6.07) is 0. The third-order valence-corrected chi connectivity index (χ3v) is 3.72. The highest BCUT2D eigenvalue weighted by atomic mass is 35.5. The molecule has 2 aliphatic rings. The minimum absolute atomic E-state index is 0. The van der Waals surface area contributed by atoms with Crippen molar-refractivity contribution < 1.29 is 4.79 Å². The lowest BCUT2D eigenvalue weighted by molar-refractivity contribution is -0.124. The van der Waals surface area contributed by atoms with Gasteiger partial charge < -0.3 is 10.6 Å². The van der Waals surface area contributed by atoms with E-state index in [9.17, 15) is 4.79 Å². The summed E-state index contributed by atoms with van der Waals surface area (Å²) in [5, 5.41) is 6.35. The molecular formula is C12H23ClN2O. The maximum absolute atomic E-state index is 11.7. The second-order valence-electron chi connectivity index (χ2n) is 4.94. The number of halogens is 1. The summed E-state index contributed by atoms with van der Waals surface area (Å²) in [5.41, 5.74) is 0. The summed E-state index contributed by atoms with van der Waals surface area (Å²) >= 11 is 0. The van der Waals surface area contributed by atoms with Gasteiger partial charge in [0, 0.05) is 13.1 Å². The van der Waals surface area contributed by atoms with E-state index in [-0.39, 0.29) is 24.2 Å². The van der Waals surface area contributed by atoms with Crippen LogP contribution in [0.1, 0.15) is 38.5 Å². The van der Waals surface area contributed by atoms with Gasteiger partial charge in [0.15, 0.2) is 0 Å². The van der Waals surface area contributed by atoms with Crippen LogP contribution in [0.2, 0.25) is 0 Å². The zero-order valence-electron chi connectivity index (χ0n) is 9.84. The van der Waals surface area contributed by atoms with E-state index >= 15 is 0 Å². The average molecular weight is 247 g/mol. The molecule has 94 valence electrons. The van der Waals surface area contributed by atoms with Gasteiger partial charge in [0.05, 0.1) is 5.92 Å². The maximum Gasteiger partial charge on any atom is 0.224 e. The zero-order chi connectivity index (χ0) is 10.5. The number of carbonyl (C=O) groups excluding carboxylic acids is 1. The van der Waals surface area contributed by atoms with Crippen molar-refractivity contribution in [3.05, 3.63) is 0 Å². The number of carbonyl (C=O) groups is 1. The van der Waals surface area contributed by atoms with Gasteiger partial charge in [0.1, 0.15) is 0 Å². The van der Waals surface area contributed by atoms with Crippen LogP contribution >= 0.6 is 12.4 Å². The predicted octanol–water partition coefficient (Wildman–Crippen LogP) is 1.71. The van der Waals surface area contributed by atoms with Crippen molar-refractivity contribution in [2.24, 2.45) is 11.8 Å². The van der Waals surface area contributed by atoms with Crippen molar-refractivity contribution in [1.29, 1.82) is 0 Å². The average Bonchev–Trinajstić information content (AvgIpc) is 2.81. The summed E-state index contributed by atoms with van der Waals surface area (Å²) in [6.07, 6.45) is 7.72. The molecule has 0 aromatic carbocycles. The molecule has 0 aromatic rings. The molecule has 4 heteroatoms. The van der Waals surface area contributed by atoms with Gasteiger partial charge in [-0.05, 0) is 31.7 Å². The smallest absolute Gasteiger partial charge is 0.224 e. The fourth-order valence-electron chi connectivity index (χ4n) is 2.66. The SMILES string of the molecule is Cl.O=C(NCC1CCCCC1)[C@H]1CCNC1. The van der Waals surface area contributed by atoms with Gasteiger partial charge in [-0.2, -0.15) is 0 Å². The van der Waals surface area contributed by atoms with Crippen molar-refractivity contribution >= 4 is 18.3 Å². The lowest BCUT2D eigenvalue weighted by Crippen LogP contribution is -2.35. The second kappa shape index (κ2) is 7.13. The van der Waals surface area contributed by atoms with Crippen molar-refractivity contribution in [3.8, 4) is 0 Å². The largest absolute Gasteiger partial charge is 0.356 e. The van der Waals surface area contributed by atoms with Crippen LogP contribution in [0, 0.1) is 11.8 Å². The van der Waals surface area contributed by atoms with E-state index in [1.165, 1.54) is 32.1 Å². The Kier molecular flexibility index (Phi) is 6.14. The summed E-state index contributed by atoms with van der Waals surface area (Å²) in [6.45, 7) is 2.79. The van der Waals surface area contributed by atoms with E-state index in [4.69, 9.17) is 0 Å². The molecule has 2 fully saturated rings. The Hall–Kier alpha value is -0.280. The topological polar surface area (TPSA) is 41.1 Å². The molecule has 0 radical (unpaired) electrons. The summed E-state index contributed by atoms with van der Waals surface area (Å²) in [5.74, 6) is 1.25. The molecule has 0 spiro atoms. The molecule has 2 N–H and O–H groups in total. The highest BCUT2D eigenvalue weighted by Crippen LogP contribution is 2.22. The molecule has 0 aromatic heterocycles. The first-order chi connectivity index (χ1) is 7.36. The van der Waals surface area contributed by atoms with Crippen molar-refractivity contribution in [1.82, 2.24) is 10.6 Å². The van der Waals surface area contributed by atoms with E-state index in [0.717, 1.165) is 32.0 Å². The predicted molar refractivity (Wildman–Crippen MR) is 67.8 cm³/mol. The van der Waals surface area contributed by atoms with Gasteiger partial charge in [0.2, 0.25) is 5.91 Å². The van der Waals surface area contributed by atoms with Crippen LogP contribution in [-0.2, 0) is 4.79 Å². The minimum Gasteiger partial charge on any atom is -0.356 e. The van der Waals surface area contributed by atoms with Gasteiger partial charge in [-0.3, -0.25) is 4.79 Å². The third-order valence-electron chi connectivity index (χ3n) is 3.72. The first-order valence-electron chi connectivity index (χ1n) is 6.34. The number of rotatable bonds is 3. The van der Waals surface area contributed by atoms with E-state index < -0.39 is 0 Å². The van der Waals surface area contributed by atoms with Gasteiger partial charge in [0.25, 0.3) is 0 Å². The second-order valence-corrected chi connectivity index (χ2v) is 4.94. The van der Waals surface area contributed by atoms with Crippen LogP contribution in [0.5, 0.6) is 0 Å². The lowest BCUT2D eigenvalue weighted by atomic mass is 9.89. The zero-order valence-corrected chi connectivity index (χ0v) is 10.7. The summed E-state index contributed by atoms with van der Waals surface area (Å²) in [4.78, 5) is 11.7. The van der Waals surface area contributed by atoms with Crippen molar-refractivity contribution in [2.45, 2.75) is 38.5 Å². The van der Waals surface area contributed by atoms with Crippen LogP contribution in [0.3, 0.4) is 0 Å². The maximum atomic E-state index is 11.7. The van der Waals surface area contributed by atoms with Gasteiger partial charge in [-0.25, -0.2) is 0 Å². The quantitative estimate of drug-likeness (QED) is 0.796. The standard InChI is InChI=1S/C12H22N2O.ClH/c15-12(11-6-7-13-9-11)14-8-10-4-2-1-3-5-10;/h10-11,13H,1-9H2,(H,14,15);1H/t11-;/m0./s1. The summed E-state index contributed by atoms with van der Waals surface area (Å²) in [7, 11) is 0. The highest BCUT2D eigenvalue weighted by Gasteiger charge is 2.23. The van der Waals surface area contributed by atoms with Gasteiger partial charge in [-0.15, -0.1) is 12.4 Å². The number of hydrogen-bond acceptors (Lipinski definition) is 2. The van der Waals surface area contributed by atoms with Crippen LogP contribution in [0.25, 0.3) is 0 Å². The van der Waals surface area contributed by atoms with E-state index in [1.807, 2.05) is 0 Å². The first-order valence-corrected chi connectivity index (χ1v) is 6.34. The van der Waals surface area contributed by atoms with E-state index in [0.29, 0.717) is 0 Å². The molecule has 1 saturated heterocycles. The van der Waals surface area contributed by atoms with Crippen LogP contribution in [0.15, 0.2) is 0 Å². The molecule has 1 aliphatic heterocycles. The molecule has 1 heterocycles. The monoisotopic (exact) mass is 246 g/mol. The Morgan fingerprint density at radius 1 is 1.19 bits per heavy atom. The Bertz CT molecular complexity index is 211. The Balaban J connectivity index is 0.00000128. The molecule has 1 atom stereocenters. The van der Waals surface area contributed by atoms with E-state index in [2.05, 4.69) is 10.6 Å². The molecule has 3 nitrogen and oxygen atoms in total. The Labute approximate surface area is 104 Å². The number of amides is 1. The molecule has 0 bridgehead atoms. The Morgan fingerprint density at radius 2 is 1.94 bits per heavy atom. The van der Waals surface area contributed by atoms with E-state index in [1.54, 1.807) is 0 Å². The summed E-state index contributed by atoms with van der Waals surface area (Å²) < 4.78 is 0. The molecular weight excluding hydrogens is 224 g/mol. The van der Waals surface area contributed by atoms with Gasteiger partial charge in [-0.1, -0.05) is 19.3 Å². The first kappa shape index (κ1) is 13.8. The highest BCUT2D eigenvalue weighted by molar-refractivity contribution is 5.85. The van der Waals surface area contributed by atoms with Crippen molar-refractivity contribution in [3.63, 3.8) is 0 Å². The molecule has 2 rings (SSSR count). The number of nitrogens with one attached hydrogen (secondary N) is 2. The van der Waals surface area contributed by atoms with Crippen molar-refractivity contribution in [2.75, 3.05) is 19.6 Å². The minimum atomic E-state index is 0. The van der Waals surface area contributed by atoms with Gasteiger partial charge >= 0.3 is 0 Å². The van der Waals surface area contributed by atoms with Crippen LogP contribution < -0.4 is 10.6 Å². The molecule has 16 heavy (non-hydrogen) atoms. The molecule has 1 saturated carbocycles. The van der Waals surface area contributed by atoms with Crippen LogP contribution in [0.4, 0.5) is 0 Å². The fourth-order valence-corrected chi connectivity index (χ4v) is 2.66. The third kappa shape index (κ3) is 3.95. The number of hydrogen-bond donors (Lipinski definition) is 2. The lowest BCUT2D eigenvalue weighted by Gasteiger charge is -2.22. The molecule has 0 unspecified atom stereocenters. The Morgan fingerprint density at radius 3 is 2.56 bits per heavy atom. The van der Waals surface area contributed by atoms with Crippen LogP contribution in [-0.4, -0.2) is 25.5 Å². The molecule has 1 amide bonds. The normalized spacial score (nSPS) is 26.1. The fraction of sp³-hybridized carbons (Fsp3) is 0.917. The molecule has 1 aliphatic carbocycles.